The molecule has 0 radical (unpaired) electrons. The number of para-hydroxylation sites is 1. The van der Waals surface area contributed by atoms with E-state index in [1.165, 1.54) is 22.7 Å². The van der Waals surface area contributed by atoms with Crippen molar-refractivity contribution in [1.82, 2.24) is 14.7 Å². The molecule has 0 spiro atoms. The van der Waals surface area contributed by atoms with Gasteiger partial charge in [0.15, 0.2) is 0 Å². The van der Waals surface area contributed by atoms with E-state index in [9.17, 15) is 14.4 Å². The number of amides is 2. The van der Waals surface area contributed by atoms with Crippen LogP contribution < -0.4 is 4.90 Å². The Balaban J connectivity index is 1.04. The number of hydrogen-bond donors (Lipinski definition) is 0. The van der Waals surface area contributed by atoms with E-state index in [1.54, 1.807) is 6.07 Å². The normalized spacial score (nSPS) is 15.2. The van der Waals surface area contributed by atoms with Gasteiger partial charge in [0.25, 0.3) is 11.8 Å². The summed E-state index contributed by atoms with van der Waals surface area (Å²) in [4.78, 5) is 44.9. The molecule has 0 bridgehead atoms. The largest absolute Gasteiger partial charge is 0.461 e. The first-order valence-electron chi connectivity index (χ1n) is 14.4. The Hall–Kier alpha value is -4.50. The van der Waals surface area contributed by atoms with Gasteiger partial charge in [0.1, 0.15) is 9.71 Å². The number of carbonyl (C=O) groups is 3. The van der Waals surface area contributed by atoms with Crippen LogP contribution in [0.5, 0.6) is 0 Å². The van der Waals surface area contributed by atoms with Crippen molar-refractivity contribution in [3.63, 3.8) is 0 Å². The second kappa shape index (κ2) is 10.7. The minimum Gasteiger partial charge on any atom is -0.461 e. The van der Waals surface area contributed by atoms with Crippen LogP contribution in [0.3, 0.4) is 0 Å². The van der Waals surface area contributed by atoms with Crippen LogP contribution in [0, 0.1) is 6.92 Å². The fourth-order valence-corrected chi connectivity index (χ4v) is 7.17. The van der Waals surface area contributed by atoms with Crippen LogP contribution in [-0.2, 0) is 4.74 Å². The average Bonchev–Trinajstić information content (AvgIpc) is 3.60. The van der Waals surface area contributed by atoms with E-state index < -0.39 is 5.97 Å². The van der Waals surface area contributed by atoms with Gasteiger partial charge in [0.05, 0.1) is 18.0 Å². The molecule has 2 aliphatic heterocycles. The molecule has 1 fully saturated rings. The number of nitrogens with zero attached hydrogens (tertiary/aromatic N) is 4. The lowest BCUT2D eigenvalue weighted by Crippen LogP contribution is -2.41. The van der Waals surface area contributed by atoms with Gasteiger partial charge in [0.2, 0.25) is 0 Å². The maximum Gasteiger partial charge on any atom is 0.348 e. The van der Waals surface area contributed by atoms with Gasteiger partial charge >= 0.3 is 5.97 Å². The van der Waals surface area contributed by atoms with Crippen molar-refractivity contribution >= 4 is 55.8 Å². The van der Waals surface area contributed by atoms with Gasteiger partial charge < -0.3 is 9.64 Å². The Morgan fingerprint density at radius 3 is 2.45 bits per heavy atom. The molecule has 4 heterocycles. The number of benzene rings is 3. The lowest BCUT2D eigenvalue weighted by atomic mass is 9.92. The fourth-order valence-electron chi connectivity index (χ4n) is 6.10. The van der Waals surface area contributed by atoms with Crippen molar-refractivity contribution in [2.24, 2.45) is 0 Å². The van der Waals surface area contributed by atoms with Gasteiger partial charge in [-0.25, -0.2) is 9.48 Å². The zero-order chi connectivity index (χ0) is 28.8. The van der Waals surface area contributed by atoms with E-state index in [4.69, 9.17) is 4.74 Å². The van der Waals surface area contributed by atoms with Crippen molar-refractivity contribution in [2.45, 2.75) is 32.6 Å². The maximum absolute atomic E-state index is 13.5. The van der Waals surface area contributed by atoms with Crippen LogP contribution in [0.1, 0.15) is 61.8 Å². The third kappa shape index (κ3) is 4.44. The predicted octanol–water partition coefficient (Wildman–Crippen LogP) is 6.38. The molecule has 0 N–H and O–H groups in total. The molecule has 9 heteroatoms. The first-order chi connectivity index (χ1) is 20.5. The number of imide groups is 1. The summed E-state index contributed by atoms with van der Waals surface area (Å²) >= 11 is 1.34. The summed E-state index contributed by atoms with van der Waals surface area (Å²) in [6.45, 7) is 4.15. The van der Waals surface area contributed by atoms with Crippen LogP contribution in [0.4, 0.5) is 5.69 Å². The van der Waals surface area contributed by atoms with Crippen LogP contribution in [0.2, 0.25) is 0 Å². The second-order valence-corrected chi connectivity index (χ2v) is 11.9. The molecule has 3 aromatic carbocycles. The van der Waals surface area contributed by atoms with Gasteiger partial charge in [-0.15, -0.1) is 11.3 Å². The zero-order valence-corrected chi connectivity index (χ0v) is 24.2. The van der Waals surface area contributed by atoms with Crippen molar-refractivity contribution < 1.29 is 19.1 Å². The third-order valence-electron chi connectivity index (χ3n) is 8.17. The van der Waals surface area contributed by atoms with Crippen LogP contribution in [0.15, 0.2) is 66.7 Å². The molecule has 0 unspecified atom stereocenters. The molecule has 0 atom stereocenters. The summed E-state index contributed by atoms with van der Waals surface area (Å²) in [6, 6.07) is 21.2. The number of aryl methyl sites for hydroxylation is 1. The first kappa shape index (κ1) is 26.4. The quantitative estimate of drug-likeness (QED) is 0.127. The van der Waals surface area contributed by atoms with Crippen LogP contribution in [0.25, 0.3) is 26.7 Å². The third-order valence-corrected chi connectivity index (χ3v) is 9.26. The summed E-state index contributed by atoms with van der Waals surface area (Å²) in [6.07, 6.45) is 3.87. The van der Waals surface area contributed by atoms with Gasteiger partial charge in [-0.05, 0) is 69.0 Å². The molecule has 2 aliphatic rings. The predicted molar refractivity (Wildman–Crippen MR) is 164 cm³/mol. The number of piperidine rings is 1. The number of rotatable bonds is 7. The number of thiophene rings is 1. The molecule has 0 aliphatic carbocycles. The molecule has 2 aromatic heterocycles. The highest BCUT2D eigenvalue weighted by atomic mass is 32.1. The maximum atomic E-state index is 13.5. The molecule has 7 rings (SSSR count). The van der Waals surface area contributed by atoms with Crippen molar-refractivity contribution in [1.29, 1.82) is 0 Å². The summed E-state index contributed by atoms with van der Waals surface area (Å²) in [5.74, 6) is -1.02. The Morgan fingerprint density at radius 1 is 0.905 bits per heavy atom. The number of esters is 1. The van der Waals surface area contributed by atoms with Gasteiger partial charge in [-0.1, -0.05) is 30.3 Å². The van der Waals surface area contributed by atoms with Crippen LogP contribution in [-0.4, -0.2) is 58.7 Å². The summed E-state index contributed by atoms with van der Waals surface area (Å²) in [5, 5.41) is 7.23. The number of ether oxygens (including phenoxy) is 1. The highest BCUT2D eigenvalue weighted by Crippen LogP contribution is 2.37. The molecule has 2 amide bonds. The SMILES string of the molecule is Cc1nn(-c2ccccc2)c2sc(C(=O)OCCCN3C(=O)c4cccc5c(N6CCCCC6)ccc(c45)C3=O)cc12. The average molecular weight is 579 g/mol. The number of fused-ring (bicyclic) bond motifs is 1. The van der Waals surface area contributed by atoms with Crippen molar-refractivity contribution in [2.75, 3.05) is 31.1 Å². The van der Waals surface area contributed by atoms with E-state index in [0.717, 1.165) is 64.0 Å². The van der Waals surface area contributed by atoms with Crippen molar-refractivity contribution in [3.8, 4) is 5.69 Å². The van der Waals surface area contributed by atoms with E-state index in [0.29, 0.717) is 22.4 Å². The highest BCUT2D eigenvalue weighted by molar-refractivity contribution is 7.20. The molecule has 5 aromatic rings. The fraction of sp³-hybridized carbons (Fsp3) is 0.273. The Bertz CT molecular complexity index is 1830. The second-order valence-electron chi connectivity index (χ2n) is 10.8. The number of aromatic nitrogens is 2. The van der Waals surface area contributed by atoms with Gasteiger partial charge in [-0.3, -0.25) is 14.5 Å². The smallest absolute Gasteiger partial charge is 0.348 e. The van der Waals surface area contributed by atoms with E-state index in [1.807, 2.05) is 72.3 Å². The standard InChI is InChI=1S/C33H30N4O4S/c1-21-26-20-28(42-32(26)37(34-21)22-10-4-2-5-11-22)33(40)41-19-9-18-36-30(38)24-13-8-12-23-27(35-16-6-3-7-17-35)15-14-25(29(23)24)31(36)39/h2,4-5,8,10-15,20H,3,6-7,9,16-19H2,1H3. The lowest BCUT2D eigenvalue weighted by molar-refractivity contribution is 0.0481. The van der Waals surface area contributed by atoms with E-state index >= 15 is 0 Å². The zero-order valence-electron chi connectivity index (χ0n) is 23.3. The Labute approximate surface area is 247 Å². The summed E-state index contributed by atoms with van der Waals surface area (Å²) in [7, 11) is 0. The number of anilines is 1. The Morgan fingerprint density at radius 2 is 1.67 bits per heavy atom. The minimum atomic E-state index is -0.424. The van der Waals surface area contributed by atoms with Crippen molar-refractivity contribution in [3.05, 3.63) is 88.4 Å². The summed E-state index contributed by atoms with van der Waals surface area (Å²) in [5.41, 5.74) is 3.94. The van der Waals surface area contributed by atoms with E-state index in [-0.39, 0.29) is 25.0 Å². The Kier molecular flexibility index (Phi) is 6.74. The van der Waals surface area contributed by atoms with Gasteiger partial charge in [-0.2, -0.15) is 5.10 Å². The molecular formula is C33H30N4O4S. The number of hydrogen-bond acceptors (Lipinski definition) is 7. The lowest BCUT2D eigenvalue weighted by Gasteiger charge is -2.32. The monoisotopic (exact) mass is 578 g/mol. The van der Waals surface area contributed by atoms with Crippen LogP contribution >= 0.6 is 11.3 Å². The number of carbonyl (C=O) groups excluding carboxylic acids is 3. The molecule has 212 valence electrons. The van der Waals surface area contributed by atoms with E-state index in [2.05, 4.69) is 10.00 Å². The molecule has 1 saturated heterocycles. The topological polar surface area (TPSA) is 84.7 Å². The molecular weight excluding hydrogens is 548 g/mol. The highest BCUT2D eigenvalue weighted by Gasteiger charge is 2.33. The molecule has 42 heavy (non-hydrogen) atoms. The van der Waals surface area contributed by atoms with Gasteiger partial charge in [0, 0.05) is 52.6 Å². The minimum absolute atomic E-state index is 0.0961. The molecule has 0 saturated carbocycles. The first-order valence-corrected chi connectivity index (χ1v) is 15.2. The summed E-state index contributed by atoms with van der Waals surface area (Å²) < 4.78 is 7.41. The molecule has 8 nitrogen and oxygen atoms in total.